The average Bonchev–Trinajstić information content (AvgIpc) is 2.32. The molecule has 0 unspecified atom stereocenters. The minimum absolute atomic E-state index is 0.0534. The smallest absolute Gasteiger partial charge is 0.264 e. The summed E-state index contributed by atoms with van der Waals surface area (Å²) in [5.41, 5.74) is 0.0534. The normalized spacial score (nSPS) is 17.6. The molecule has 1 N–H and O–H groups in total. The lowest BCUT2D eigenvalue weighted by Crippen LogP contribution is -2.45. The average molecular weight is 286 g/mol. The van der Waals surface area contributed by atoms with Crippen LogP contribution in [-0.4, -0.2) is 42.2 Å². The predicted molar refractivity (Wildman–Crippen MR) is 67.7 cm³/mol. The molecule has 0 amide bonds. The van der Waals surface area contributed by atoms with E-state index in [4.69, 9.17) is 0 Å². The van der Waals surface area contributed by atoms with Crippen molar-refractivity contribution >= 4 is 15.9 Å². The zero-order valence-corrected chi connectivity index (χ0v) is 10.7. The Morgan fingerprint density at radius 1 is 1.31 bits per heavy atom. The molecule has 1 saturated heterocycles. The third-order valence-electron chi connectivity index (χ3n) is 2.84. The second-order valence-electron chi connectivity index (χ2n) is 3.95. The van der Waals surface area contributed by atoms with Gasteiger partial charge in [0.05, 0.1) is 4.47 Å². The lowest BCUT2D eigenvalue weighted by atomic mass is 10.3. The summed E-state index contributed by atoms with van der Waals surface area (Å²) in [4.78, 5) is 14.1. The molecule has 5 heteroatoms. The van der Waals surface area contributed by atoms with Crippen LogP contribution in [0.2, 0.25) is 0 Å². The fraction of sp³-hybridized carbons (Fsp3) is 0.545. The van der Waals surface area contributed by atoms with Gasteiger partial charge in [-0.25, -0.2) is 0 Å². The van der Waals surface area contributed by atoms with Crippen LogP contribution < -0.4 is 10.9 Å². The van der Waals surface area contributed by atoms with E-state index in [1.54, 1.807) is 10.6 Å². The van der Waals surface area contributed by atoms with Crippen LogP contribution in [0.4, 0.5) is 0 Å². The Morgan fingerprint density at radius 3 is 2.81 bits per heavy atom. The van der Waals surface area contributed by atoms with Gasteiger partial charge >= 0.3 is 0 Å². The molecule has 0 atom stereocenters. The van der Waals surface area contributed by atoms with E-state index in [0.29, 0.717) is 4.47 Å². The topological polar surface area (TPSA) is 37.3 Å². The van der Waals surface area contributed by atoms with Crippen LogP contribution >= 0.6 is 15.9 Å². The standard InChI is InChI=1S/C11H16BrN3O/c12-10-2-1-5-15(11(10)16)9-8-14-6-3-13-4-7-14/h1-2,5,13H,3-4,6-9H2. The zero-order chi connectivity index (χ0) is 11.4. The molecule has 1 aliphatic heterocycles. The lowest BCUT2D eigenvalue weighted by Gasteiger charge is -2.27. The minimum Gasteiger partial charge on any atom is -0.314 e. The highest BCUT2D eigenvalue weighted by Crippen LogP contribution is 2.01. The fourth-order valence-electron chi connectivity index (χ4n) is 1.87. The van der Waals surface area contributed by atoms with Crippen molar-refractivity contribution in [3.63, 3.8) is 0 Å². The van der Waals surface area contributed by atoms with Crippen molar-refractivity contribution in [2.24, 2.45) is 0 Å². The summed E-state index contributed by atoms with van der Waals surface area (Å²) in [5, 5.41) is 3.32. The molecular formula is C11H16BrN3O. The zero-order valence-electron chi connectivity index (χ0n) is 9.16. The molecule has 4 nitrogen and oxygen atoms in total. The van der Waals surface area contributed by atoms with Crippen molar-refractivity contribution in [3.05, 3.63) is 33.2 Å². The molecule has 0 saturated carbocycles. The van der Waals surface area contributed by atoms with Crippen LogP contribution in [0.3, 0.4) is 0 Å². The summed E-state index contributed by atoms with van der Waals surface area (Å²) in [6, 6.07) is 3.67. The number of piperazine rings is 1. The maximum atomic E-state index is 11.7. The lowest BCUT2D eigenvalue weighted by molar-refractivity contribution is 0.231. The second-order valence-corrected chi connectivity index (χ2v) is 4.80. The molecule has 0 aliphatic carbocycles. The summed E-state index contributed by atoms with van der Waals surface area (Å²) in [7, 11) is 0. The number of hydrogen-bond donors (Lipinski definition) is 1. The molecule has 0 spiro atoms. The van der Waals surface area contributed by atoms with E-state index in [2.05, 4.69) is 26.1 Å². The molecule has 1 aliphatic rings. The Labute approximate surface area is 103 Å². The number of rotatable bonds is 3. The highest BCUT2D eigenvalue weighted by Gasteiger charge is 2.09. The highest BCUT2D eigenvalue weighted by molar-refractivity contribution is 9.10. The van der Waals surface area contributed by atoms with Crippen LogP contribution in [-0.2, 0) is 6.54 Å². The Balaban J connectivity index is 1.94. The van der Waals surface area contributed by atoms with Crippen LogP contribution in [0.1, 0.15) is 0 Å². The van der Waals surface area contributed by atoms with Gasteiger partial charge in [-0.05, 0) is 28.1 Å². The van der Waals surface area contributed by atoms with Gasteiger partial charge in [0.2, 0.25) is 0 Å². The fourth-order valence-corrected chi connectivity index (χ4v) is 2.25. The van der Waals surface area contributed by atoms with Gasteiger partial charge in [0.15, 0.2) is 0 Å². The monoisotopic (exact) mass is 285 g/mol. The van der Waals surface area contributed by atoms with Gasteiger partial charge in [0.25, 0.3) is 5.56 Å². The van der Waals surface area contributed by atoms with Crippen molar-refractivity contribution in [1.29, 1.82) is 0 Å². The van der Waals surface area contributed by atoms with Crippen molar-refractivity contribution in [2.75, 3.05) is 32.7 Å². The number of halogens is 1. The van der Waals surface area contributed by atoms with E-state index in [0.717, 1.165) is 39.3 Å². The summed E-state index contributed by atoms with van der Waals surface area (Å²) < 4.78 is 2.39. The third-order valence-corrected chi connectivity index (χ3v) is 3.44. The number of nitrogens with one attached hydrogen (secondary N) is 1. The first kappa shape index (κ1) is 11.8. The van der Waals surface area contributed by atoms with Gasteiger partial charge in [0.1, 0.15) is 0 Å². The van der Waals surface area contributed by atoms with E-state index >= 15 is 0 Å². The Bertz CT molecular complexity index is 398. The first-order valence-corrected chi connectivity index (χ1v) is 6.35. The number of aromatic nitrogens is 1. The highest BCUT2D eigenvalue weighted by atomic mass is 79.9. The number of nitrogens with zero attached hydrogens (tertiary/aromatic N) is 2. The molecule has 0 aromatic carbocycles. The third kappa shape index (κ3) is 2.93. The van der Waals surface area contributed by atoms with Crippen LogP contribution in [0.5, 0.6) is 0 Å². The summed E-state index contributed by atoms with van der Waals surface area (Å²) in [6.45, 7) is 5.95. The van der Waals surface area contributed by atoms with Gasteiger partial charge in [-0.2, -0.15) is 0 Å². The van der Waals surface area contributed by atoms with Gasteiger partial charge in [-0.15, -0.1) is 0 Å². The van der Waals surface area contributed by atoms with E-state index in [-0.39, 0.29) is 5.56 Å². The van der Waals surface area contributed by atoms with Gasteiger partial charge in [0, 0.05) is 45.5 Å². The maximum Gasteiger partial charge on any atom is 0.264 e. The molecule has 1 fully saturated rings. The molecule has 2 rings (SSSR count). The van der Waals surface area contributed by atoms with Crippen molar-refractivity contribution in [2.45, 2.75) is 6.54 Å². The van der Waals surface area contributed by atoms with Crippen molar-refractivity contribution < 1.29 is 0 Å². The largest absolute Gasteiger partial charge is 0.314 e. The molecule has 16 heavy (non-hydrogen) atoms. The summed E-state index contributed by atoms with van der Waals surface area (Å²) in [6.07, 6.45) is 1.84. The van der Waals surface area contributed by atoms with Gasteiger partial charge < -0.3 is 9.88 Å². The molecule has 1 aromatic rings. The Morgan fingerprint density at radius 2 is 2.06 bits per heavy atom. The first-order valence-electron chi connectivity index (χ1n) is 5.55. The van der Waals surface area contributed by atoms with E-state index in [9.17, 15) is 4.79 Å². The number of hydrogen-bond acceptors (Lipinski definition) is 3. The molecule has 88 valence electrons. The van der Waals surface area contributed by atoms with E-state index < -0.39 is 0 Å². The van der Waals surface area contributed by atoms with Crippen molar-refractivity contribution in [1.82, 2.24) is 14.8 Å². The molecule has 0 bridgehead atoms. The quantitative estimate of drug-likeness (QED) is 0.880. The van der Waals surface area contributed by atoms with Gasteiger partial charge in [-0.3, -0.25) is 9.69 Å². The maximum absolute atomic E-state index is 11.7. The van der Waals surface area contributed by atoms with Crippen LogP contribution in [0.25, 0.3) is 0 Å². The molecular weight excluding hydrogens is 270 g/mol. The molecule has 0 radical (unpaired) electrons. The summed E-state index contributed by atoms with van der Waals surface area (Å²) >= 11 is 3.26. The molecule has 1 aromatic heterocycles. The first-order chi connectivity index (χ1) is 7.77. The molecule has 2 heterocycles. The van der Waals surface area contributed by atoms with E-state index in [1.807, 2.05) is 12.3 Å². The van der Waals surface area contributed by atoms with Crippen molar-refractivity contribution in [3.8, 4) is 0 Å². The SMILES string of the molecule is O=c1c(Br)cccn1CCN1CCNCC1. The van der Waals surface area contributed by atoms with Crippen LogP contribution in [0.15, 0.2) is 27.6 Å². The Kier molecular flexibility index (Phi) is 4.15. The van der Waals surface area contributed by atoms with Gasteiger partial charge in [-0.1, -0.05) is 0 Å². The second kappa shape index (κ2) is 5.61. The summed E-state index contributed by atoms with van der Waals surface area (Å²) in [5.74, 6) is 0. The Hall–Kier alpha value is -0.650. The van der Waals surface area contributed by atoms with Crippen LogP contribution in [0, 0.1) is 0 Å². The number of pyridine rings is 1. The van der Waals surface area contributed by atoms with E-state index in [1.165, 1.54) is 0 Å². The minimum atomic E-state index is 0.0534. The predicted octanol–water partition coefficient (Wildman–Crippen LogP) is 0.516.